The lowest BCUT2D eigenvalue weighted by Crippen LogP contribution is -2.23. The van der Waals surface area contributed by atoms with E-state index in [1.165, 1.54) is 11.8 Å². The normalized spacial score (nSPS) is 11.8. The highest BCUT2D eigenvalue weighted by atomic mass is 79.9. The maximum absolute atomic E-state index is 12.5. The number of thioether (sulfide) groups is 1. The lowest BCUT2D eigenvalue weighted by molar-refractivity contribution is -0.115. The molecule has 0 bridgehead atoms. The summed E-state index contributed by atoms with van der Waals surface area (Å²) in [5.74, 6) is -0.254. The molecule has 28 heavy (non-hydrogen) atoms. The Labute approximate surface area is 176 Å². The summed E-state index contributed by atoms with van der Waals surface area (Å²) in [6.45, 7) is 3.82. The number of rotatable bonds is 6. The van der Waals surface area contributed by atoms with Gasteiger partial charge in [0.1, 0.15) is 0 Å². The monoisotopic (exact) mass is 457 g/mol. The molecule has 0 aliphatic heterocycles. The van der Waals surface area contributed by atoms with Gasteiger partial charge >= 0.3 is 0 Å². The van der Waals surface area contributed by atoms with Gasteiger partial charge in [-0.25, -0.2) is 4.98 Å². The number of nitrogens with one attached hydrogen (secondary N) is 2. The minimum Gasteiger partial charge on any atom is -0.326 e. The van der Waals surface area contributed by atoms with Crippen LogP contribution in [0.3, 0.4) is 0 Å². The Morgan fingerprint density at radius 2 is 1.86 bits per heavy atom. The molecule has 1 heterocycles. The molecule has 5 nitrogen and oxygen atoms in total. The summed E-state index contributed by atoms with van der Waals surface area (Å²) in [6, 6.07) is 17.3. The lowest BCUT2D eigenvalue weighted by atomic mass is 10.1. The molecule has 0 aliphatic rings. The zero-order valence-electron chi connectivity index (χ0n) is 15.5. The fourth-order valence-corrected chi connectivity index (χ4v) is 3.94. The van der Waals surface area contributed by atoms with Crippen LogP contribution in [0.25, 0.3) is 0 Å². The van der Waals surface area contributed by atoms with E-state index in [1.54, 1.807) is 19.1 Å². The summed E-state index contributed by atoms with van der Waals surface area (Å²) in [4.78, 5) is 32.1. The molecule has 0 aliphatic carbocycles. The molecule has 1 atom stereocenters. The Morgan fingerprint density at radius 3 is 2.50 bits per heavy atom. The van der Waals surface area contributed by atoms with E-state index in [0.29, 0.717) is 22.1 Å². The molecule has 7 heteroatoms. The van der Waals surface area contributed by atoms with E-state index in [0.717, 1.165) is 10.0 Å². The fourth-order valence-electron chi connectivity index (χ4n) is 2.71. The van der Waals surface area contributed by atoms with Gasteiger partial charge in [-0.15, -0.1) is 0 Å². The maximum Gasteiger partial charge on any atom is 0.255 e. The predicted molar refractivity (Wildman–Crippen MR) is 117 cm³/mol. The number of halogens is 1. The van der Waals surface area contributed by atoms with Crippen molar-refractivity contribution in [2.24, 2.45) is 0 Å². The van der Waals surface area contributed by atoms with Gasteiger partial charge in [-0.2, -0.15) is 0 Å². The SMILES string of the molecule is Cc1nc(SC(C)c2ccccc2)[nH]c(=O)c1CC(=O)Nc1ccc(Br)cc1. The van der Waals surface area contributed by atoms with Crippen molar-refractivity contribution >= 4 is 39.3 Å². The molecule has 3 rings (SSSR count). The fraction of sp³-hybridized carbons (Fsp3) is 0.190. The number of H-pyrrole nitrogens is 1. The van der Waals surface area contributed by atoms with Crippen molar-refractivity contribution in [2.45, 2.75) is 30.7 Å². The number of aromatic nitrogens is 2. The van der Waals surface area contributed by atoms with E-state index < -0.39 is 0 Å². The van der Waals surface area contributed by atoms with Gasteiger partial charge in [-0.05, 0) is 43.7 Å². The highest BCUT2D eigenvalue weighted by molar-refractivity contribution is 9.10. The Hall–Kier alpha value is -2.38. The highest BCUT2D eigenvalue weighted by Gasteiger charge is 2.15. The third-order valence-electron chi connectivity index (χ3n) is 4.22. The molecule has 0 saturated carbocycles. The topological polar surface area (TPSA) is 74.8 Å². The van der Waals surface area contributed by atoms with Gasteiger partial charge in [-0.1, -0.05) is 58.0 Å². The van der Waals surface area contributed by atoms with E-state index in [1.807, 2.05) is 42.5 Å². The maximum atomic E-state index is 12.5. The number of aromatic amines is 1. The first-order valence-corrected chi connectivity index (χ1v) is 10.5. The van der Waals surface area contributed by atoms with Gasteiger partial charge in [0, 0.05) is 26.7 Å². The van der Waals surface area contributed by atoms with Gasteiger partial charge in [0.15, 0.2) is 5.16 Å². The summed E-state index contributed by atoms with van der Waals surface area (Å²) >= 11 is 4.84. The smallest absolute Gasteiger partial charge is 0.255 e. The van der Waals surface area contributed by atoms with Crippen LogP contribution < -0.4 is 10.9 Å². The van der Waals surface area contributed by atoms with Crippen LogP contribution in [0.2, 0.25) is 0 Å². The standard InChI is InChI=1S/C21H20BrN3O2S/c1-13-18(12-19(26)24-17-10-8-16(22)9-11-17)20(27)25-21(23-13)28-14(2)15-6-4-3-5-7-15/h3-11,14H,12H2,1-2H3,(H,24,26)(H,23,25,27). The lowest BCUT2D eigenvalue weighted by Gasteiger charge is -2.12. The molecule has 0 spiro atoms. The minimum atomic E-state index is -0.277. The van der Waals surface area contributed by atoms with E-state index in [2.05, 4.69) is 38.1 Å². The third-order valence-corrected chi connectivity index (χ3v) is 5.79. The van der Waals surface area contributed by atoms with Crippen LogP contribution in [0, 0.1) is 6.92 Å². The van der Waals surface area contributed by atoms with Crippen molar-refractivity contribution in [3.8, 4) is 0 Å². The number of carbonyl (C=O) groups is 1. The number of amides is 1. The molecule has 0 radical (unpaired) electrons. The summed E-state index contributed by atoms with van der Waals surface area (Å²) in [5.41, 5.74) is 2.51. The predicted octanol–water partition coefficient (Wildman–Crippen LogP) is 4.88. The molecule has 1 amide bonds. The Balaban J connectivity index is 1.70. The number of benzene rings is 2. The van der Waals surface area contributed by atoms with Crippen molar-refractivity contribution in [1.29, 1.82) is 0 Å². The molecule has 144 valence electrons. The number of anilines is 1. The average Bonchev–Trinajstić information content (AvgIpc) is 2.67. The zero-order chi connectivity index (χ0) is 20.1. The minimum absolute atomic E-state index is 0.0244. The second-order valence-corrected chi connectivity index (χ2v) is 8.58. The van der Waals surface area contributed by atoms with Crippen molar-refractivity contribution in [2.75, 3.05) is 5.32 Å². The molecule has 0 fully saturated rings. The van der Waals surface area contributed by atoms with Crippen molar-refractivity contribution in [3.05, 3.63) is 86.2 Å². The van der Waals surface area contributed by atoms with Crippen molar-refractivity contribution in [1.82, 2.24) is 9.97 Å². The van der Waals surface area contributed by atoms with Crippen LogP contribution in [0.15, 0.2) is 69.0 Å². The quantitative estimate of drug-likeness (QED) is 0.408. The first-order valence-electron chi connectivity index (χ1n) is 8.79. The second-order valence-electron chi connectivity index (χ2n) is 6.34. The van der Waals surface area contributed by atoms with E-state index in [9.17, 15) is 9.59 Å². The van der Waals surface area contributed by atoms with Crippen LogP contribution in [0.4, 0.5) is 5.69 Å². The first kappa shape index (κ1) is 20.4. The van der Waals surface area contributed by atoms with Crippen LogP contribution in [0.1, 0.15) is 29.0 Å². The molecule has 1 unspecified atom stereocenters. The highest BCUT2D eigenvalue weighted by Crippen LogP contribution is 2.32. The zero-order valence-corrected chi connectivity index (χ0v) is 17.9. The first-order chi connectivity index (χ1) is 13.4. The van der Waals surface area contributed by atoms with Gasteiger partial charge < -0.3 is 10.3 Å². The number of aryl methyl sites for hydroxylation is 1. The van der Waals surface area contributed by atoms with Gasteiger partial charge in [-0.3, -0.25) is 9.59 Å². The molecule has 2 aromatic carbocycles. The largest absolute Gasteiger partial charge is 0.326 e. The van der Waals surface area contributed by atoms with Crippen molar-refractivity contribution < 1.29 is 4.79 Å². The van der Waals surface area contributed by atoms with Gasteiger partial charge in [0.25, 0.3) is 5.56 Å². The van der Waals surface area contributed by atoms with E-state index >= 15 is 0 Å². The summed E-state index contributed by atoms with van der Waals surface area (Å²) in [6.07, 6.45) is -0.0244. The average molecular weight is 458 g/mol. The molecule has 2 N–H and O–H groups in total. The number of hydrogen-bond donors (Lipinski definition) is 2. The Morgan fingerprint density at radius 1 is 1.18 bits per heavy atom. The molecular formula is C21H20BrN3O2S. The molecule has 3 aromatic rings. The van der Waals surface area contributed by atoms with Crippen LogP contribution in [0.5, 0.6) is 0 Å². The van der Waals surface area contributed by atoms with Crippen molar-refractivity contribution in [3.63, 3.8) is 0 Å². The van der Waals surface area contributed by atoms with Crippen LogP contribution >= 0.6 is 27.7 Å². The number of nitrogens with zero attached hydrogens (tertiary/aromatic N) is 1. The Bertz CT molecular complexity index is 1020. The van der Waals surface area contributed by atoms with Gasteiger partial charge in [0.2, 0.25) is 5.91 Å². The summed E-state index contributed by atoms with van der Waals surface area (Å²) < 4.78 is 0.930. The van der Waals surface area contributed by atoms with E-state index in [4.69, 9.17) is 0 Å². The molecule has 1 aromatic heterocycles. The Kier molecular flexibility index (Phi) is 6.70. The van der Waals surface area contributed by atoms with Crippen LogP contribution in [-0.4, -0.2) is 15.9 Å². The number of carbonyl (C=O) groups excluding carboxylic acids is 1. The summed E-state index contributed by atoms with van der Waals surface area (Å²) in [7, 11) is 0. The summed E-state index contributed by atoms with van der Waals surface area (Å²) in [5, 5.41) is 3.50. The van der Waals surface area contributed by atoms with Gasteiger partial charge in [0.05, 0.1) is 6.42 Å². The molecule has 0 saturated heterocycles. The third kappa shape index (κ3) is 5.33. The molecular weight excluding hydrogens is 438 g/mol. The number of hydrogen-bond acceptors (Lipinski definition) is 4. The van der Waals surface area contributed by atoms with E-state index in [-0.39, 0.29) is 23.1 Å². The van der Waals surface area contributed by atoms with Crippen LogP contribution in [-0.2, 0) is 11.2 Å². The second kappa shape index (κ2) is 9.21.